The first kappa shape index (κ1) is 21.8. The first-order chi connectivity index (χ1) is 17.5. The lowest BCUT2D eigenvalue weighted by Gasteiger charge is -2.22. The number of fused-ring (bicyclic) bond motifs is 3. The van der Waals surface area contributed by atoms with Crippen LogP contribution in [0.5, 0.6) is 11.5 Å². The molecule has 36 heavy (non-hydrogen) atoms. The number of allylic oxidation sites excluding steroid dienone is 1. The molecule has 2 aromatic heterocycles. The van der Waals surface area contributed by atoms with Gasteiger partial charge in [-0.1, -0.05) is 24.3 Å². The minimum atomic E-state index is -0.480. The average molecular weight is 483 g/mol. The molecule has 0 fully saturated rings. The number of nitrogen functional groups attached to an aromatic ring is 2. The first-order valence-electron chi connectivity index (χ1n) is 11.5. The minimum absolute atomic E-state index is 0.0291. The second-order valence-electron chi connectivity index (χ2n) is 8.51. The number of nitrogens with zero attached hydrogens (tertiary/aromatic N) is 4. The lowest BCUT2D eigenvalue weighted by atomic mass is 9.86. The van der Waals surface area contributed by atoms with E-state index in [0.717, 1.165) is 57.6 Å². The third-order valence-corrected chi connectivity index (χ3v) is 6.16. The van der Waals surface area contributed by atoms with Gasteiger partial charge in [-0.3, -0.25) is 0 Å². The number of carbonyl (C=O) groups excluding carboxylic acids is 1. The fourth-order valence-electron chi connectivity index (χ4n) is 4.64. The largest absolute Gasteiger partial charge is 0.454 e. The molecule has 0 saturated heterocycles. The zero-order valence-electron chi connectivity index (χ0n) is 19.2. The van der Waals surface area contributed by atoms with Gasteiger partial charge < -0.3 is 25.7 Å². The molecule has 4 N–H and O–H groups in total. The Hall–Kier alpha value is -4.73. The second-order valence-corrected chi connectivity index (χ2v) is 8.51. The molecule has 4 aromatic rings. The van der Waals surface area contributed by atoms with Gasteiger partial charge in [-0.15, -0.1) is 0 Å². The van der Waals surface area contributed by atoms with E-state index >= 15 is 0 Å². The van der Waals surface area contributed by atoms with Gasteiger partial charge in [0.15, 0.2) is 23.9 Å². The van der Waals surface area contributed by atoms with Gasteiger partial charge in [0.05, 0.1) is 16.8 Å². The summed E-state index contributed by atoms with van der Waals surface area (Å²) in [6, 6.07) is 13.4. The minimum Gasteiger partial charge on any atom is -0.454 e. The molecule has 0 spiro atoms. The number of benzene rings is 2. The van der Waals surface area contributed by atoms with Crippen LogP contribution in [0.2, 0.25) is 0 Å². The standard InChI is InChI=1S/C26H22N6O4/c27-25-30-21(31-26(28)32-25)12-34-24(33)22-16-5-1-2-7-18(16)29-23-15(4-3-6-17(22)23)10-14-8-9-19-20(11-14)36-13-35-19/h1-2,5,7-11H,3-4,6,12-13H2,(H4,27,28,30,31,32)/b15-10+. The number of hydrogen-bond donors (Lipinski definition) is 2. The van der Waals surface area contributed by atoms with E-state index in [1.165, 1.54) is 0 Å². The fourth-order valence-corrected chi connectivity index (χ4v) is 4.64. The third-order valence-electron chi connectivity index (χ3n) is 6.16. The topological polar surface area (TPSA) is 148 Å². The van der Waals surface area contributed by atoms with E-state index in [-0.39, 0.29) is 31.1 Å². The van der Waals surface area contributed by atoms with E-state index in [1.54, 1.807) is 0 Å². The molecule has 0 radical (unpaired) electrons. The summed E-state index contributed by atoms with van der Waals surface area (Å²) in [6.45, 7) is 0.0436. The molecule has 0 bridgehead atoms. The summed E-state index contributed by atoms with van der Waals surface area (Å²) in [6.07, 6.45) is 4.52. The Morgan fingerprint density at radius 1 is 0.972 bits per heavy atom. The van der Waals surface area contributed by atoms with E-state index in [9.17, 15) is 4.79 Å². The van der Waals surface area contributed by atoms with Gasteiger partial charge in [0, 0.05) is 5.39 Å². The van der Waals surface area contributed by atoms with Crippen LogP contribution in [-0.2, 0) is 17.8 Å². The number of rotatable bonds is 4. The van der Waals surface area contributed by atoms with Crippen LogP contribution in [0.4, 0.5) is 11.9 Å². The van der Waals surface area contributed by atoms with Crippen molar-refractivity contribution in [2.24, 2.45) is 0 Å². The highest BCUT2D eigenvalue weighted by atomic mass is 16.7. The Kier molecular flexibility index (Phi) is 5.33. The van der Waals surface area contributed by atoms with Crippen molar-refractivity contribution in [2.75, 3.05) is 18.3 Å². The van der Waals surface area contributed by atoms with Crippen molar-refractivity contribution < 1.29 is 19.0 Å². The maximum absolute atomic E-state index is 13.4. The zero-order valence-corrected chi connectivity index (χ0v) is 19.2. The SMILES string of the molecule is Nc1nc(N)nc(COC(=O)c2c3c(nc4ccccc24)/C(=C/c2ccc4c(c2)OCO4)CCC3)n1. The summed E-state index contributed by atoms with van der Waals surface area (Å²) in [5.41, 5.74) is 16.2. The van der Waals surface area contributed by atoms with Gasteiger partial charge in [-0.25, -0.2) is 9.78 Å². The third kappa shape index (κ3) is 4.02. The van der Waals surface area contributed by atoms with Crippen molar-refractivity contribution in [3.63, 3.8) is 0 Å². The van der Waals surface area contributed by atoms with Crippen LogP contribution in [0, 0.1) is 0 Å². The predicted molar refractivity (Wildman–Crippen MR) is 133 cm³/mol. The van der Waals surface area contributed by atoms with Crippen molar-refractivity contribution in [2.45, 2.75) is 25.9 Å². The number of pyridine rings is 1. The van der Waals surface area contributed by atoms with Gasteiger partial charge in [0.1, 0.15) is 0 Å². The number of anilines is 2. The molecule has 10 heteroatoms. The molecule has 6 rings (SSSR count). The maximum Gasteiger partial charge on any atom is 0.339 e. The summed E-state index contributed by atoms with van der Waals surface area (Å²) >= 11 is 0. The Balaban J connectivity index is 1.40. The highest BCUT2D eigenvalue weighted by Gasteiger charge is 2.26. The number of aromatic nitrogens is 4. The highest BCUT2D eigenvalue weighted by molar-refractivity contribution is 6.06. The number of ether oxygens (including phenoxy) is 3. The highest BCUT2D eigenvalue weighted by Crippen LogP contribution is 2.38. The van der Waals surface area contributed by atoms with Gasteiger partial charge in [0.25, 0.3) is 0 Å². The van der Waals surface area contributed by atoms with Crippen LogP contribution in [0.1, 0.15) is 45.8 Å². The maximum atomic E-state index is 13.4. The second kappa shape index (κ2) is 8.81. The Morgan fingerprint density at radius 3 is 2.64 bits per heavy atom. The predicted octanol–water partition coefficient (Wildman–Crippen LogP) is 3.55. The van der Waals surface area contributed by atoms with E-state index in [4.69, 9.17) is 30.7 Å². The van der Waals surface area contributed by atoms with Crippen LogP contribution in [0.25, 0.3) is 22.6 Å². The molecule has 180 valence electrons. The number of hydrogen-bond acceptors (Lipinski definition) is 10. The number of nitrogens with two attached hydrogens (primary N) is 2. The lowest BCUT2D eigenvalue weighted by Crippen LogP contribution is -2.16. The normalized spacial score (nSPS) is 15.2. The molecule has 0 unspecified atom stereocenters. The molecule has 2 aliphatic rings. The van der Waals surface area contributed by atoms with Crippen LogP contribution in [0.15, 0.2) is 42.5 Å². The van der Waals surface area contributed by atoms with Gasteiger partial charge in [-0.05, 0) is 60.2 Å². The first-order valence-corrected chi connectivity index (χ1v) is 11.5. The number of para-hydroxylation sites is 1. The smallest absolute Gasteiger partial charge is 0.339 e. The molecule has 1 aliphatic carbocycles. The molecule has 2 aromatic carbocycles. The molecule has 1 aliphatic heterocycles. The van der Waals surface area contributed by atoms with Crippen LogP contribution >= 0.6 is 0 Å². The van der Waals surface area contributed by atoms with Crippen molar-refractivity contribution >= 4 is 40.4 Å². The lowest BCUT2D eigenvalue weighted by molar-refractivity contribution is 0.0463. The van der Waals surface area contributed by atoms with E-state index < -0.39 is 5.97 Å². The molecular weight excluding hydrogens is 460 g/mol. The van der Waals surface area contributed by atoms with Gasteiger partial charge >= 0.3 is 5.97 Å². The summed E-state index contributed by atoms with van der Waals surface area (Å²) in [7, 11) is 0. The van der Waals surface area contributed by atoms with Gasteiger partial charge in [0.2, 0.25) is 18.7 Å². The van der Waals surface area contributed by atoms with Crippen molar-refractivity contribution in [3.8, 4) is 11.5 Å². The summed E-state index contributed by atoms with van der Waals surface area (Å²) in [5.74, 6) is 1.10. The van der Waals surface area contributed by atoms with Crippen molar-refractivity contribution in [3.05, 3.63) is 70.7 Å². The van der Waals surface area contributed by atoms with E-state index in [1.807, 2.05) is 42.5 Å². The summed E-state index contributed by atoms with van der Waals surface area (Å²) in [4.78, 5) is 30.1. The molecule has 0 saturated carbocycles. The van der Waals surface area contributed by atoms with E-state index in [2.05, 4.69) is 21.0 Å². The average Bonchev–Trinajstić information content (AvgIpc) is 3.34. The van der Waals surface area contributed by atoms with Gasteiger partial charge in [-0.2, -0.15) is 15.0 Å². The molecular formula is C26H22N6O4. The van der Waals surface area contributed by atoms with Crippen LogP contribution in [-0.4, -0.2) is 32.7 Å². The molecule has 10 nitrogen and oxygen atoms in total. The van der Waals surface area contributed by atoms with Crippen molar-refractivity contribution in [1.29, 1.82) is 0 Å². The Labute approximate surface area is 206 Å². The summed E-state index contributed by atoms with van der Waals surface area (Å²) in [5, 5.41) is 0.736. The Morgan fingerprint density at radius 2 is 1.78 bits per heavy atom. The monoisotopic (exact) mass is 482 g/mol. The van der Waals surface area contributed by atoms with E-state index in [0.29, 0.717) is 12.0 Å². The fraction of sp³-hybridized carbons (Fsp3) is 0.192. The quantitative estimate of drug-likeness (QED) is 0.414. The summed E-state index contributed by atoms with van der Waals surface area (Å²) < 4.78 is 16.6. The molecule has 0 atom stereocenters. The van der Waals surface area contributed by atoms with Crippen LogP contribution in [0.3, 0.4) is 0 Å². The Bertz CT molecular complexity index is 1530. The number of carbonyl (C=O) groups is 1. The molecule has 0 amide bonds. The van der Waals surface area contributed by atoms with Crippen LogP contribution < -0.4 is 20.9 Å². The zero-order chi connectivity index (χ0) is 24.6. The van der Waals surface area contributed by atoms with Crippen molar-refractivity contribution in [1.82, 2.24) is 19.9 Å². The number of esters is 1. The molecule has 3 heterocycles.